The fourth-order valence-electron chi connectivity index (χ4n) is 1.72. The number of carbonyl (C=O) groups excluding carboxylic acids is 1. The molecular formula is C12H13ClO. The highest BCUT2D eigenvalue weighted by atomic mass is 35.5. The van der Waals surface area contributed by atoms with Crippen LogP contribution in [0.1, 0.15) is 24.8 Å². The van der Waals surface area contributed by atoms with Gasteiger partial charge in [0.1, 0.15) is 5.78 Å². The normalized spacial score (nSPS) is 16.4. The zero-order chi connectivity index (χ0) is 9.97. The average Bonchev–Trinajstić information content (AvgIpc) is 1.99. The predicted molar refractivity (Wildman–Crippen MR) is 57.5 cm³/mol. The first-order chi connectivity index (χ1) is 6.75. The molecule has 1 aromatic rings. The molecule has 0 unspecified atom stereocenters. The molecule has 1 aliphatic carbocycles. The van der Waals surface area contributed by atoms with Gasteiger partial charge in [-0.2, -0.15) is 0 Å². The molecule has 1 saturated carbocycles. The minimum absolute atomic E-state index is 0.328. The van der Waals surface area contributed by atoms with Crippen LogP contribution in [0, 0.1) is 5.92 Å². The van der Waals surface area contributed by atoms with E-state index in [-0.39, 0.29) is 0 Å². The third-order valence-electron chi connectivity index (χ3n) is 2.83. The number of hydrogen-bond donors (Lipinski definition) is 0. The van der Waals surface area contributed by atoms with E-state index >= 15 is 0 Å². The highest BCUT2D eigenvalue weighted by Crippen LogP contribution is 2.28. The molecule has 0 radical (unpaired) electrons. The number of hydrogen-bond acceptors (Lipinski definition) is 1. The second kappa shape index (κ2) is 4.14. The van der Waals surface area contributed by atoms with Crippen molar-refractivity contribution in [2.45, 2.75) is 25.7 Å². The third kappa shape index (κ3) is 2.16. The largest absolute Gasteiger partial charge is 0.299 e. The minimum Gasteiger partial charge on any atom is -0.299 e. The van der Waals surface area contributed by atoms with Gasteiger partial charge in [0.25, 0.3) is 0 Å². The summed E-state index contributed by atoms with van der Waals surface area (Å²) in [5, 5.41) is 0.712. The Bertz CT molecular complexity index is 342. The van der Waals surface area contributed by atoms with Crippen molar-refractivity contribution in [2.24, 2.45) is 5.92 Å². The molecule has 0 aromatic heterocycles. The second-order valence-corrected chi connectivity index (χ2v) is 4.34. The zero-order valence-corrected chi connectivity index (χ0v) is 8.76. The zero-order valence-electron chi connectivity index (χ0n) is 8.00. The van der Waals surface area contributed by atoms with E-state index < -0.39 is 0 Å². The van der Waals surface area contributed by atoms with E-state index in [1.165, 1.54) is 6.42 Å². The fraction of sp³-hybridized carbons (Fsp3) is 0.417. The van der Waals surface area contributed by atoms with Crippen LogP contribution in [-0.4, -0.2) is 5.78 Å². The van der Waals surface area contributed by atoms with E-state index in [0.29, 0.717) is 23.1 Å². The van der Waals surface area contributed by atoms with Gasteiger partial charge in [0, 0.05) is 17.4 Å². The Hall–Kier alpha value is -0.820. The first-order valence-corrected chi connectivity index (χ1v) is 5.40. The predicted octanol–water partition coefficient (Wildman–Crippen LogP) is 3.25. The Morgan fingerprint density at radius 2 is 2.21 bits per heavy atom. The first-order valence-electron chi connectivity index (χ1n) is 5.03. The summed E-state index contributed by atoms with van der Waals surface area (Å²) in [5.41, 5.74) is 1.04. The first kappa shape index (κ1) is 9.72. The van der Waals surface area contributed by atoms with Gasteiger partial charge < -0.3 is 0 Å². The van der Waals surface area contributed by atoms with Crippen LogP contribution in [0.15, 0.2) is 24.3 Å². The summed E-state index contributed by atoms with van der Waals surface area (Å²) in [6.07, 6.45) is 3.93. The molecule has 74 valence electrons. The van der Waals surface area contributed by atoms with Crippen molar-refractivity contribution < 1.29 is 4.79 Å². The molecule has 14 heavy (non-hydrogen) atoms. The number of ketones is 1. The van der Waals surface area contributed by atoms with Gasteiger partial charge in [-0.1, -0.05) is 30.2 Å². The van der Waals surface area contributed by atoms with Crippen molar-refractivity contribution in [3.8, 4) is 0 Å². The number of benzene rings is 1. The van der Waals surface area contributed by atoms with E-state index in [4.69, 9.17) is 11.6 Å². The van der Waals surface area contributed by atoms with Gasteiger partial charge in [-0.15, -0.1) is 0 Å². The smallest absolute Gasteiger partial charge is 0.140 e. The molecule has 1 fully saturated rings. The molecule has 0 saturated heterocycles. The van der Waals surface area contributed by atoms with Gasteiger partial charge in [-0.05, 0) is 30.5 Å². The van der Waals surface area contributed by atoms with Crippen LogP contribution >= 0.6 is 11.6 Å². The number of Topliss-reactive ketones (excluding diaryl/α,β-unsaturated/α-hetero) is 1. The molecular weight excluding hydrogens is 196 g/mol. The Kier molecular flexibility index (Phi) is 2.87. The molecule has 0 atom stereocenters. The van der Waals surface area contributed by atoms with E-state index in [9.17, 15) is 4.79 Å². The standard InChI is InChI=1S/C12H13ClO/c13-11-6-1-3-9(7-11)8-12(14)10-4-2-5-10/h1,3,6-7,10H,2,4-5,8H2. The third-order valence-corrected chi connectivity index (χ3v) is 3.06. The molecule has 1 nitrogen and oxygen atoms in total. The Morgan fingerprint density at radius 1 is 1.43 bits per heavy atom. The van der Waals surface area contributed by atoms with E-state index in [1.54, 1.807) is 0 Å². The van der Waals surface area contributed by atoms with Gasteiger partial charge in [0.2, 0.25) is 0 Å². The van der Waals surface area contributed by atoms with Gasteiger partial charge >= 0.3 is 0 Å². The van der Waals surface area contributed by atoms with Crippen LogP contribution < -0.4 is 0 Å². The maximum atomic E-state index is 11.7. The minimum atomic E-state index is 0.328. The molecule has 0 heterocycles. The molecule has 0 amide bonds. The number of halogens is 1. The van der Waals surface area contributed by atoms with E-state index in [0.717, 1.165) is 18.4 Å². The average molecular weight is 209 g/mol. The van der Waals surface area contributed by atoms with Crippen LogP contribution in [0.2, 0.25) is 5.02 Å². The van der Waals surface area contributed by atoms with E-state index in [1.807, 2.05) is 24.3 Å². The van der Waals surface area contributed by atoms with Gasteiger partial charge in [-0.25, -0.2) is 0 Å². The van der Waals surface area contributed by atoms with Gasteiger partial charge in [-0.3, -0.25) is 4.79 Å². The molecule has 2 heteroatoms. The van der Waals surface area contributed by atoms with E-state index in [2.05, 4.69) is 0 Å². The van der Waals surface area contributed by atoms with Crippen molar-refractivity contribution in [1.82, 2.24) is 0 Å². The maximum Gasteiger partial charge on any atom is 0.140 e. The lowest BCUT2D eigenvalue weighted by molar-refractivity contribution is -0.124. The van der Waals surface area contributed by atoms with Crippen LogP contribution in [0.4, 0.5) is 0 Å². The fourth-order valence-corrected chi connectivity index (χ4v) is 1.94. The van der Waals surface area contributed by atoms with Crippen molar-refractivity contribution in [2.75, 3.05) is 0 Å². The number of rotatable bonds is 3. The monoisotopic (exact) mass is 208 g/mol. The van der Waals surface area contributed by atoms with Gasteiger partial charge in [0.05, 0.1) is 0 Å². The molecule has 2 rings (SSSR count). The summed E-state index contributed by atoms with van der Waals surface area (Å²) >= 11 is 5.84. The van der Waals surface area contributed by atoms with Crippen LogP contribution in [0.5, 0.6) is 0 Å². The quantitative estimate of drug-likeness (QED) is 0.745. The van der Waals surface area contributed by atoms with Crippen LogP contribution in [0.3, 0.4) is 0 Å². The molecule has 1 aromatic carbocycles. The summed E-state index contributed by atoms with van der Waals surface area (Å²) < 4.78 is 0. The maximum absolute atomic E-state index is 11.7. The topological polar surface area (TPSA) is 17.1 Å². The SMILES string of the molecule is O=C(Cc1cccc(Cl)c1)C1CCC1. The van der Waals surface area contributed by atoms with Crippen LogP contribution in [-0.2, 0) is 11.2 Å². The lowest BCUT2D eigenvalue weighted by atomic mass is 9.80. The van der Waals surface area contributed by atoms with Crippen molar-refractivity contribution in [3.63, 3.8) is 0 Å². The summed E-state index contributed by atoms with van der Waals surface area (Å²) in [6, 6.07) is 7.56. The second-order valence-electron chi connectivity index (χ2n) is 3.90. The summed E-state index contributed by atoms with van der Waals surface area (Å²) in [4.78, 5) is 11.7. The van der Waals surface area contributed by atoms with Gasteiger partial charge in [0.15, 0.2) is 0 Å². The Labute approximate surface area is 89.1 Å². The Balaban J connectivity index is 1.99. The summed E-state index contributed by atoms with van der Waals surface area (Å²) in [5.74, 6) is 0.701. The lowest BCUT2D eigenvalue weighted by Crippen LogP contribution is -2.23. The number of carbonyl (C=O) groups is 1. The highest BCUT2D eigenvalue weighted by molar-refractivity contribution is 6.30. The summed E-state index contributed by atoms with van der Waals surface area (Å²) in [7, 11) is 0. The van der Waals surface area contributed by atoms with Crippen molar-refractivity contribution in [3.05, 3.63) is 34.9 Å². The molecule has 1 aliphatic rings. The highest BCUT2D eigenvalue weighted by Gasteiger charge is 2.24. The molecule has 0 spiro atoms. The Morgan fingerprint density at radius 3 is 2.79 bits per heavy atom. The van der Waals surface area contributed by atoms with Crippen LogP contribution in [0.25, 0.3) is 0 Å². The lowest BCUT2D eigenvalue weighted by Gasteiger charge is -2.23. The molecule has 0 bridgehead atoms. The van der Waals surface area contributed by atoms with Crippen molar-refractivity contribution in [1.29, 1.82) is 0 Å². The molecule has 0 N–H and O–H groups in total. The molecule has 0 aliphatic heterocycles. The summed E-state index contributed by atoms with van der Waals surface area (Å²) in [6.45, 7) is 0. The van der Waals surface area contributed by atoms with Crippen molar-refractivity contribution >= 4 is 17.4 Å².